The van der Waals surface area contributed by atoms with Gasteiger partial charge in [0.1, 0.15) is 0 Å². The molecule has 1 heterocycles. The van der Waals surface area contributed by atoms with Gasteiger partial charge in [-0.2, -0.15) is 0 Å². The van der Waals surface area contributed by atoms with Crippen LogP contribution in [0.2, 0.25) is 0 Å². The quantitative estimate of drug-likeness (QED) is 0.604. The molecule has 1 amide bonds. The molecule has 4 unspecified atom stereocenters. The molecule has 0 spiro atoms. The highest BCUT2D eigenvalue weighted by atomic mass is 16.5. The molecule has 0 aromatic heterocycles. The number of nitrogens with one attached hydrogen (secondary N) is 2. The molecule has 1 rings (SSSR count). The maximum Gasteiger partial charge on any atom is 0.308 e. The van der Waals surface area contributed by atoms with Crippen LogP contribution in [0.15, 0.2) is 0 Å². The Morgan fingerprint density at radius 2 is 2.00 bits per heavy atom. The van der Waals surface area contributed by atoms with Gasteiger partial charge in [0.05, 0.1) is 25.0 Å². The largest absolute Gasteiger partial charge is 0.481 e. The van der Waals surface area contributed by atoms with E-state index in [0.717, 1.165) is 0 Å². The summed E-state index contributed by atoms with van der Waals surface area (Å²) in [6.45, 7) is 4.16. The first-order chi connectivity index (χ1) is 7.97. The minimum absolute atomic E-state index is 0.00216. The zero-order valence-electron chi connectivity index (χ0n) is 10.4. The molecule has 6 nitrogen and oxygen atoms in total. The topological polar surface area (TPSA) is 87.7 Å². The summed E-state index contributed by atoms with van der Waals surface area (Å²) in [6.07, 6.45) is 0. The second-order valence-corrected chi connectivity index (χ2v) is 4.46. The summed E-state index contributed by atoms with van der Waals surface area (Å²) in [6, 6.07) is -0.388. The Morgan fingerprint density at radius 1 is 1.35 bits per heavy atom. The molecule has 1 fully saturated rings. The van der Waals surface area contributed by atoms with Gasteiger partial charge in [-0.1, -0.05) is 0 Å². The van der Waals surface area contributed by atoms with Gasteiger partial charge in [0.15, 0.2) is 0 Å². The standard InChI is InChI=1S/C11H20N2O4/c1-6(11(15)16)7(2)13-10(14)8-4-17-5-9(8)12-3/h6-9,12H,4-5H2,1-3H3,(H,13,14)(H,15,16). The molecule has 0 radical (unpaired) electrons. The van der Waals surface area contributed by atoms with Gasteiger partial charge in [0.2, 0.25) is 5.91 Å². The van der Waals surface area contributed by atoms with Crippen LogP contribution in [0.5, 0.6) is 0 Å². The normalized spacial score (nSPS) is 27.5. The van der Waals surface area contributed by atoms with Crippen LogP contribution in [0.4, 0.5) is 0 Å². The molecule has 1 aliphatic heterocycles. The molecule has 0 aliphatic carbocycles. The molecule has 17 heavy (non-hydrogen) atoms. The van der Waals surface area contributed by atoms with Gasteiger partial charge in [-0.15, -0.1) is 0 Å². The number of carbonyl (C=O) groups excluding carboxylic acids is 1. The number of aliphatic carboxylic acids is 1. The van der Waals surface area contributed by atoms with Crippen molar-refractivity contribution in [3.63, 3.8) is 0 Å². The lowest BCUT2D eigenvalue weighted by Crippen LogP contribution is -2.47. The summed E-state index contributed by atoms with van der Waals surface area (Å²) >= 11 is 0. The fraction of sp³-hybridized carbons (Fsp3) is 0.818. The van der Waals surface area contributed by atoms with Gasteiger partial charge in [0.25, 0.3) is 0 Å². The molecule has 1 saturated heterocycles. The summed E-state index contributed by atoms with van der Waals surface area (Å²) in [5.74, 6) is -1.91. The lowest BCUT2D eigenvalue weighted by atomic mass is 10.00. The third-order valence-corrected chi connectivity index (χ3v) is 3.30. The summed E-state index contributed by atoms with van der Waals surface area (Å²) in [5.41, 5.74) is 0. The van der Waals surface area contributed by atoms with Crippen molar-refractivity contribution in [2.45, 2.75) is 25.9 Å². The van der Waals surface area contributed by atoms with E-state index >= 15 is 0 Å². The number of hydrogen-bond donors (Lipinski definition) is 3. The van der Waals surface area contributed by atoms with Crippen molar-refractivity contribution in [1.29, 1.82) is 0 Å². The third kappa shape index (κ3) is 3.41. The van der Waals surface area contributed by atoms with Gasteiger partial charge in [-0.05, 0) is 20.9 Å². The van der Waals surface area contributed by atoms with Gasteiger partial charge >= 0.3 is 5.97 Å². The van der Waals surface area contributed by atoms with E-state index in [1.165, 1.54) is 0 Å². The van der Waals surface area contributed by atoms with Gasteiger partial charge in [-0.25, -0.2) is 0 Å². The van der Waals surface area contributed by atoms with Crippen LogP contribution in [0, 0.1) is 11.8 Å². The maximum absolute atomic E-state index is 11.9. The molecular weight excluding hydrogens is 224 g/mol. The van der Waals surface area contributed by atoms with Crippen molar-refractivity contribution in [2.24, 2.45) is 11.8 Å². The lowest BCUT2D eigenvalue weighted by molar-refractivity contribution is -0.142. The molecule has 6 heteroatoms. The number of carbonyl (C=O) groups is 2. The Balaban J connectivity index is 2.51. The number of ether oxygens (including phenoxy) is 1. The van der Waals surface area contributed by atoms with E-state index in [1.54, 1.807) is 20.9 Å². The van der Waals surface area contributed by atoms with Crippen molar-refractivity contribution in [3.05, 3.63) is 0 Å². The molecule has 1 aliphatic rings. The Hall–Kier alpha value is -1.14. The summed E-state index contributed by atoms with van der Waals surface area (Å²) < 4.78 is 5.23. The third-order valence-electron chi connectivity index (χ3n) is 3.30. The van der Waals surface area contributed by atoms with Crippen molar-refractivity contribution < 1.29 is 19.4 Å². The van der Waals surface area contributed by atoms with Gasteiger partial charge in [-0.3, -0.25) is 9.59 Å². The number of carboxylic acid groups (broad SMARTS) is 1. The van der Waals surface area contributed by atoms with Crippen molar-refractivity contribution >= 4 is 11.9 Å². The van der Waals surface area contributed by atoms with E-state index in [9.17, 15) is 9.59 Å². The lowest BCUT2D eigenvalue weighted by Gasteiger charge is -2.22. The van der Waals surface area contributed by atoms with Crippen LogP contribution in [-0.4, -0.2) is 49.3 Å². The molecule has 0 aromatic carbocycles. The summed E-state index contributed by atoms with van der Waals surface area (Å²) in [5, 5.41) is 14.6. The summed E-state index contributed by atoms with van der Waals surface area (Å²) in [7, 11) is 1.78. The fourth-order valence-corrected chi connectivity index (χ4v) is 1.77. The molecular formula is C11H20N2O4. The highest BCUT2D eigenvalue weighted by Gasteiger charge is 2.34. The predicted octanol–water partition coefficient (Wildman–Crippen LogP) is -0.554. The molecule has 4 atom stereocenters. The maximum atomic E-state index is 11.9. The molecule has 0 saturated carbocycles. The minimum Gasteiger partial charge on any atom is -0.481 e. The average Bonchev–Trinajstić information content (AvgIpc) is 2.75. The van der Waals surface area contributed by atoms with Crippen LogP contribution >= 0.6 is 0 Å². The van der Waals surface area contributed by atoms with Crippen molar-refractivity contribution in [1.82, 2.24) is 10.6 Å². The number of likely N-dealkylation sites (N-methyl/N-ethyl adjacent to an activating group) is 1. The zero-order chi connectivity index (χ0) is 13.0. The van der Waals surface area contributed by atoms with E-state index in [1.807, 2.05) is 0 Å². The molecule has 0 aromatic rings. The van der Waals surface area contributed by atoms with Crippen LogP contribution in [0.3, 0.4) is 0 Å². The van der Waals surface area contributed by atoms with E-state index in [4.69, 9.17) is 9.84 Å². The van der Waals surface area contributed by atoms with E-state index in [-0.39, 0.29) is 17.9 Å². The average molecular weight is 244 g/mol. The SMILES string of the molecule is CNC1COCC1C(=O)NC(C)C(C)C(=O)O. The fourth-order valence-electron chi connectivity index (χ4n) is 1.77. The van der Waals surface area contributed by atoms with Gasteiger partial charge < -0.3 is 20.5 Å². The zero-order valence-corrected chi connectivity index (χ0v) is 10.4. The Morgan fingerprint density at radius 3 is 2.53 bits per heavy atom. The van der Waals surface area contributed by atoms with E-state index < -0.39 is 17.9 Å². The first-order valence-electron chi connectivity index (χ1n) is 5.75. The number of hydrogen-bond acceptors (Lipinski definition) is 4. The number of rotatable bonds is 5. The van der Waals surface area contributed by atoms with Crippen LogP contribution in [0.25, 0.3) is 0 Å². The van der Waals surface area contributed by atoms with E-state index in [0.29, 0.717) is 13.2 Å². The monoisotopic (exact) mass is 244 g/mol. The Bertz CT molecular complexity index is 295. The molecule has 3 N–H and O–H groups in total. The minimum atomic E-state index is -0.911. The van der Waals surface area contributed by atoms with Crippen molar-refractivity contribution in [2.75, 3.05) is 20.3 Å². The highest BCUT2D eigenvalue weighted by Crippen LogP contribution is 2.14. The molecule has 0 bridgehead atoms. The van der Waals surface area contributed by atoms with Crippen molar-refractivity contribution in [3.8, 4) is 0 Å². The van der Waals surface area contributed by atoms with Crippen LogP contribution < -0.4 is 10.6 Å². The van der Waals surface area contributed by atoms with Gasteiger partial charge in [0, 0.05) is 12.1 Å². The molecule has 98 valence electrons. The summed E-state index contributed by atoms with van der Waals surface area (Å²) in [4.78, 5) is 22.7. The van der Waals surface area contributed by atoms with Crippen LogP contribution in [0.1, 0.15) is 13.8 Å². The first-order valence-corrected chi connectivity index (χ1v) is 5.75. The second-order valence-electron chi connectivity index (χ2n) is 4.46. The highest BCUT2D eigenvalue weighted by molar-refractivity contribution is 5.81. The number of carboxylic acids is 1. The van der Waals surface area contributed by atoms with E-state index in [2.05, 4.69) is 10.6 Å². The smallest absolute Gasteiger partial charge is 0.308 e. The number of amides is 1. The predicted molar refractivity (Wildman–Crippen MR) is 61.6 cm³/mol. The second kappa shape index (κ2) is 5.97. The first kappa shape index (κ1) is 13.9. The van der Waals surface area contributed by atoms with Crippen LogP contribution in [-0.2, 0) is 14.3 Å². The Kier molecular flexibility index (Phi) is 4.89. The Labute approximate surface area is 101 Å².